The highest BCUT2D eigenvalue weighted by Gasteiger charge is 2.37. The first kappa shape index (κ1) is 12.3. The lowest BCUT2D eigenvalue weighted by Gasteiger charge is -2.13. The molecule has 0 aromatic heterocycles. The van der Waals surface area contributed by atoms with Gasteiger partial charge in [-0.15, -0.1) is 0 Å². The number of phenolic OH excluding ortho intramolecular Hbond substituents is 1. The molecule has 0 unspecified atom stereocenters. The fourth-order valence-corrected chi connectivity index (χ4v) is 3.41. The summed E-state index contributed by atoms with van der Waals surface area (Å²) < 4.78 is 37.0. The summed E-state index contributed by atoms with van der Waals surface area (Å²) in [5, 5.41) is 9.26. The van der Waals surface area contributed by atoms with E-state index >= 15 is 0 Å². The highest BCUT2D eigenvalue weighted by Crippen LogP contribution is 2.46. The summed E-state index contributed by atoms with van der Waals surface area (Å²) in [6, 6.07) is 1.14. The molecule has 0 aliphatic heterocycles. The Morgan fingerprint density at radius 3 is 2.00 bits per heavy atom. The Kier molecular flexibility index (Phi) is 3.53. The Hall–Kier alpha value is 0.250. The molecule has 0 saturated carbocycles. The summed E-state index contributed by atoms with van der Waals surface area (Å²) in [6.07, 6.45) is -4.52. The van der Waals surface area contributed by atoms with Crippen LogP contribution >= 0.6 is 47.8 Å². The Morgan fingerprint density at radius 1 is 1.07 bits per heavy atom. The number of hydrogen-bond acceptors (Lipinski definition) is 1. The van der Waals surface area contributed by atoms with E-state index in [2.05, 4.69) is 47.8 Å². The van der Waals surface area contributed by atoms with Gasteiger partial charge in [0.05, 0.1) is 14.5 Å². The van der Waals surface area contributed by atoms with Crippen LogP contribution in [-0.2, 0) is 6.18 Å². The Morgan fingerprint density at radius 2 is 1.57 bits per heavy atom. The highest BCUT2D eigenvalue weighted by molar-refractivity contribution is 9.11. The molecule has 0 saturated heterocycles. The second kappa shape index (κ2) is 4.02. The molecule has 0 fully saturated rings. The van der Waals surface area contributed by atoms with Crippen molar-refractivity contribution >= 4 is 47.8 Å². The van der Waals surface area contributed by atoms with Crippen LogP contribution in [0.2, 0.25) is 0 Å². The minimum Gasteiger partial charge on any atom is -0.506 e. The van der Waals surface area contributed by atoms with Gasteiger partial charge in [-0.2, -0.15) is 13.2 Å². The number of phenols is 1. The van der Waals surface area contributed by atoms with Gasteiger partial charge in [-0.1, -0.05) is 15.9 Å². The van der Waals surface area contributed by atoms with Gasteiger partial charge in [-0.05, 0) is 37.9 Å². The van der Waals surface area contributed by atoms with Crippen LogP contribution in [0.3, 0.4) is 0 Å². The minimum atomic E-state index is -4.52. The summed E-state index contributed by atoms with van der Waals surface area (Å²) in [4.78, 5) is 0. The molecule has 1 rings (SSSR count). The SMILES string of the molecule is Oc1c(Br)cc(Br)c(C(F)(F)F)c1Br. The zero-order valence-corrected chi connectivity index (χ0v) is 11.1. The Labute approximate surface area is 103 Å². The fourth-order valence-electron chi connectivity index (χ4n) is 0.840. The molecule has 1 N–H and O–H groups in total. The van der Waals surface area contributed by atoms with Crippen molar-refractivity contribution < 1.29 is 18.3 Å². The van der Waals surface area contributed by atoms with Crippen LogP contribution in [-0.4, -0.2) is 5.11 Å². The van der Waals surface area contributed by atoms with Gasteiger partial charge in [0.1, 0.15) is 5.75 Å². The van der Waals surface area contributed by atoms with Gasteiger partial charge in [0, 0.05) is 4.47 Å². The van der Waals surface area contributed by atoms with Crippen LogP contribution in [0.4, 0.5) is 13.2 Å². The van der Waals surface area contributed by atoms with Crippen molar-refractivity contribution in [2.45, 2.75) is 6.18 Å². The summed E-state index contributed by atoms with van der Waals surface area (Å²) in [6.45, 7) is 0. The molecule has 1 nitrogen and oxygen atoms in total. The maximum atomic E-state index is 12.4. The zero-order chi connectivity index (χ0) is 11.1. The van der Waals surface area contributed by atoms with Crippen molar-refractivity contribution in [1.82, 2.24) is 0 Å². The van der Waals surface area contributed by atoms with E-state index in [1.807, 2.05) is 0 Å². The third kappa shape index (κ3) is 2.25. The average molecular weight is 399 g/mol. The smallest absolute Gasteiger partial charge is 0.418 e. The molecule has 0 atom stereocenters. The molecule has 0 radical (unpaired) electrons. The monoisotopic (exact) mass is 396 g/mol. The number of rotatable bonds is 0. The second-order valence-electron chi connectivity index (χ2n) is 2.38. The quantitative estimate of drug-likeness (QED) is 0.671. The third-order valence-electron chi connectivity index (χ3n) is 1.43. The molecule has 0 amide bonds. The van der Waals surface area contributed by atoms with E-state index in [4.69, 9.17) is 0 Å². The molecule has 0 aliphatic carbocycles. The van der Waals surface area contributed by atoms with Crippen LogP contribution in [0.25, 0.3) is 0 Å². The predicted molar refractivity (Wildman–Crippen MR) is 56.2 cm³/mol. The van der Waals surface area contributed by atoms with Crippen LogP contribution in [0, 0.1) is 0 Å². The average Bonchev–Trinajstić information content (AvgIpc) is 1.97. The summed E-state index contributed by atoms with van der Waals surface area (Å²) in [5.74, 6) is -0.472. The Bertz CT molecular complexity index is 375. The molecule has 1 aromatic carbocycles. The van der Waals surface area contributed by atoms with Crippen LogP contribution in [0.5, 0.6) is 5.75 Å². The molecule has 1 aromatic rings. The molecule has 7 heteroatoms. The summed E-state index contributed by atoms with van der Waals surface area (Å²) in [5.41, 5.74) is -0.932. The Balaban J connectivity index is 3.53. The molecule has 0 aliphatic rings. The number of hydrogen-bond donors (Lipinski definition) is 1. The summed E-state index contributed by atoms with van der Waals surface area (Å²) in [7, 11) is 0. The van der Waals surface area contributed by atoms with E-state index in [0.29, 0.717) is 0 Å². The zero-order valence-electron chi connectivity index (χ0n) is 6.29. The standard InChI is InChI=1S/C7H2Br3F3O/c8-2-1-3(9)6(14)5(10)4(2)7(11,12)13/h1,14H. The molecular formula is C7H2Br3F3O. The number of benzene rings is 1. The van der Waals surface area contributed by atoms with Crippen molar-refractivity contribution in [3.05, 3.63) is 25.0 Å². The van der Waals surface area contributed by atoms with E-state index in [1.165, 1.54) is 0 Å². The third-order valence-corrected chi connectivity index (χ3v) is 3.43. The van der Waals surface area contributed by atoms with Crippen molar-refractivity contribution in [2.24, 2.45) is 0 Å². The number of alkyl halides is 3. The summed E-state index contributed by atoms with van der Waals surface area (Å²) >= 11 is 8.38. The molecule has 78 valence electrons. The molecule has 14 heavy (non-hydrogen) atoms. The lowest BCUT2D eigenvalue weighted by Crippen LogP contribution is -2.07. The van der Waals surface area contributed by atoms with Crippen LogP contribution in [0.15, 0.2) is 19.5 Å². The maximum absolute atomic E-state index is 12.4. The van der Waals surface area contributed by atoms with Gasteiger partial charge in [-0.25, -0.2) is 0 Å². The molecule has 0 heterocycles. The topological polar surface area (TPSA) is 20.2 Å². The first-order valence-electron chi connectivity index (χ1n) is 3.18. The van der Waals surface area contributed by atoms with Crippen LogP contribution < -0.4 is 0 Å². The number of aromatic hydroxyl groups is 1. The first-order chi connectivity index (χ1) is 6.25. The van der Waals surface area contributed by atoms with Gasteiger partial charge in [0.2, 0.25) is 0 Å². The van der Waals surface area contributed by atoms with E-state index in [1.54, 1.807) is 0 Å². The van der Waals surface area contributed by atoms with Crippen LogP contribution in [0.1, 0.15) is 5.56 Å². The van der Waals surface area contributed by atoms with E-state index in [0.717, 1.165) is 6.07 Å². The van der Waals surface area contributed by atoms with Crippen molar-refractivity contribution in [1.29, 1.82) is 0 Å². The minimum absolute atomic E-state index is 0.137. The van der Waals surface area contributed by atoms with Crippen molar-refractivity contribution in [3.8, 4) is 5.75 Å². The molecular weight excluding hydrogens is 397 g/mol. The van der Waals surface area contributed by atoms with Gasteiger partial charge in [0.25, 0.3) is 0 Å². The van der Waals surface area contributed by atoms with Crippen molar-refractivity contribution in [2.75, 3.05) is 0 Å². The van der Waals surface area contributed by atoms with Crippen molar-refractivity contribution in [3.63, 3.8) is 0 Å². The van der Waals surface area contributed by atoms with Gasteiger partial charge in [-0.3, -0.25) is 0 Å². The number of halogens is 6. The fraction of sp³-hybridized carbons (Fsp3) is 0.143. The maximum Gasteiger partial charge on any atom is 0.418 e. The first-order valence-corrected chi connectivity index (χ1v) is 5.56. The molecule has 0 bridgehead atoms. The lowest BCUT2D eigenvalue weighted by molar-refractivity contribution is -0.138. The lowest BCUT2D eigenvalue weighted by atomic mass is 10.2. The normalized spacial score (nSPS) is 11.9. The van der Waals surface area contributed by atoms with Gasteiger partial charge in [0.15, 0.2) is 0 Å². The molecule has 0 spiro atoms. The van der Waals surface area contributed by atoms with E-state index < -0.39 is 17.5 Å². The second-order valence-corrected chi connectivity index (χ2v) is 4.88. The van der Waals surface area contributed by atoms with E-state index in [9.17, 15) is 18.3 Å². The highest BCUT2D eigenvalue weighted by atomic mass is 79.9. The van der Waals surface area contributed by atoms with Gasteiger partial charge >= 0.3 is 6.18 Å². The van der Waals surface area contributed by atoms with Gasteiger partial charge < -0.3 is 5.11 Å². The predicted octanol–water partition coefficient (Wildman–Crippen LogP) is 4.70. The largest absolute Gasteiger partial charge is 0.506 e. The van der Waals surface area contributed by atoms with E-state index in [-0.39, 0.29) is 13.4 Å².